The molecule has 1 fully saturated rings. The van der Waals surface area contributed by atoms with E-state index in [0.29, 0.717) is 13.0 Å². The Bertz CT molecular complexity index is 376. The molecule has 4 atom stereocenters. The van der Waals surface area contributed by atoms with Gasteiger partial charge in [-0.1, -0.05) is 25.5 Å². The van der Waals surface area contributed by atoms with Crippen LogP contribution in [-0.2, 0) is 19.1 Å². The van der Waals surface area contributed by atoms with E-state index in [1.54, 1.807) is 0 Å². The van der Waals surface area contributed by atoms with Gasteiger partial charge in [-0.2, -0.15) is 0 Å². The molecule has 1 saturated carbocycles. The van der Waals surface area contributed by atoms with Gasteiger partial charge in [-0.15, -0.1) is 0 Å². The highest BCUT2D eigenvalue weighted by Crippen LogP contribution is 2.44. The van der Waals surface area contributed by atoms with E-state index in [1.165, 1.54) is 0 Å². The van der Waals surface area contributed by atoms with Crippen LogP contribution < -0.4 is 0 Å². The molecule has 1 N–H and O–H groups in total. The molecule has 2 rings (SSSR count). The van der Waals surface area contributed by atoms with E-state index >= 15 is 0 Å². The highest BCUT2D eigenvalue weighted by molar-refractivity contribution is 5.78. The molecule has 0 radical (unpaired) electrons. The van der Waals surface area contributed by atoms with Crippen LogP contribution in [0.25, 0.3) is 0 Å². The molecule has 2 aliphatic carbocycles. The first-order valence-electron chi connectivity index (χ1n) is 6.82. The van der Waals surface area contributed by atoms with Crippen molar-refractivity contribution in [1.82, 2.24) is 0 Å². The Kier molecular flexibility index (Phi) is 4.58. The van der Waals surface area contributed by atoms with Crippen molar-refractivity contribution in [2.45, 2.75) is 32.3 Å². The number of aliphatic hydroxyl groups excluding tert-OH is 1. The molecule has 2 aliphatic rings. The highest BCUT2D eigenvalue weighted by Gasteiger charge is 2.47. The monoisotopic (exact) mass is 268 g/mol. The molecule has 4 unspecified atom stereocenters. The van der Waals surface area contributed by atoms with Crippen LogP contribution >= 0.6 is 0 Å². The third kappa shape index (κ3) is 3.15. The standard InChI is InChI=1S/C14H20O5/c1-2-3-6-18-12(15)8-19-14(17)11-7-9-4-5-10(11)13(9)16/h4-5,9-11,13,16H,2-3,6-8H2,1H3. The average molecular weight is 268 g/mol. The minimum atomic E-state index is -0.513. The van der Waals surface area contributed by atoms with Crippen molar-refractivity contribution in [2.24, 2.45) is 17.8 Å². The third-order valence-electron chi connectivity index (χ3n) is 3.80. The van der Waals surface area contributed by atoms with Crippen LogP contribution in [0.2, 0.25) is 0 Å². The minimum absolute atomic E-state index is 0.0547. The molecule has 0 heterocycles. The molecule has 0 amide bonds. The minimum Gasteiger partial charge on any atom is -0.463 e. The second kappa shape index (κ2) is 6.19. The molecular formula is C14H20O5. The van der Waals surface area contributed by atoms with Gasteiger partial charge in [-0.25, -0.2) is 4.79 Å². The molecule has 0 aromatic carbocycles. The summed E-state index contributed by atoms with van der Waals surface area (Å²) in [6.45, 7) is 2.03. The molecule has 106 valence electrons. The molecular weight excluding hydrogens is 248 g/mol. The summed E-state index contributed by atoms with van der Waals surface area (Å²) in [5.41, 5.74) is 0. The van der Waals surface area contributed by atoms with E-state index < -0.39 is 18.0 Å². The van der Waals surface area contributed by atoms with Gasteiger partial charge >= 0.3 is 11.9 Å². The Balaban J connectivity index is 1.71. The van der Waals surface area contributed by atoms with Gasteiger partial charge in [0.1, 0.15) is 0 Å². The summed E-state index contributed by atoms with van der Waals surface area (Å²) in [5.74, 6) is -1.36. The van der Waals surface area contributed by atoms with E-state index in [-0.39, 0.29) is 24.4 Å². The van der Waals surface area contributed by atoms with Crippen LogP contribution in [0, 0.1) is 17.8 Å². The second-order valence-corrected chi connectivity index (χ2v) is 5.14. The van der Waals surface area contributed by atoms with Gasteiger partial charge in [0.05, 0.1) is 18.6 Å². The summed E-state index contributed by atoms with van der Waals surface area (Å²) in [6.07, 6.45) is 5.69. The zero-order valence-electron chi connectivity index (χ0n) is 11.1. The van der Waals surface area contributed by atoms with Crippen molar-refractivity contribution in [2.75, 3.05) is 13.2 Å². The zero-order valence-corrected chi connectivity index (χ0v) is 11.1. The molecule has 5 heteroatoms. The maximum absolute atomic E-state index is 11.8. The number of fused-ring (bicyclic) bond motifs is 2. The van der Waals surface area contributed by atoms with Crippen molar-refractivity contribution in [3.8, 4) is 0 Å². The lowest BCUT2D eigenvalue weighted by Gasteiger charge is -2.16. The Hall–Kier alpha value is -1.36. The smallest absolute Gasteiger partial charge is 0.344 e. The van der Waals surface area contributed by atoms with Gasteiger partial charge in [-0.3, -0.25) is 4.79 Å². The van der Waals surface area contributed by atoms with Gasteiger partial charge < -0.3 is 14.6 Å². The van der Waals surface area contributed by atoms with E-state index in [4.69, 9.17) is 9.47 Å². The predicted octanol–water partition coefficient (Wildman–Crippen LogP) is 1.06. The Labute approximate surface area is 112 Å². The SMILES string of the molecule is CCCCOC(=O)COC(=O)C1CC2C=CC1C2O. The third-order valence-corrected chi connectivity index (χ3v) is 3.80. The zero-order chi connectivity index (χ0) is 13.8. The maximum Gasteiger partial charge on any atom is 0.344 e. The van der Waals surface area contributed by atoms with E-state index in [2.05, 4.69) is 0 Å². The van der Waals surface area contributed by atoms with Gasteiger partial charge in [0.25, 0.3) is 0 Å². The van der Waals surface area contributed by atoms with Crippen molar-refractivity contribution >= 4 is 11.9 Å². The molecule has 0 saturated heterocycles. The fourth-order valence-corrected chi connectivity index (χ4v) is 2.69. The molecule has 0 spiro atoms. The molecule has 0 aromatic heterocycles. The second-order valence-electron chi connectivity index (χ2n) is 5.14. The molecule has 0 aliphatic heterocycles. The largest absolute Gasteiger partial charge is 0.463 e. The molecule has 2 bridgehead atoms. The number of ether oxygens (including phenoxy) is 2. The fourth-order valence-electron chi connectivity index (χ4n) is 2.69. The Morgan fingerprint density at radius 3 is 2.68 bits per heavy atom. The summed E-state index contributed by atoms with van der Waals surface area (Å²) in [6, 6.07) is 0. The number of rotatable bonds is 6. The lowest BCUT2D eigenvalue weighted by molar-refractivity contribution is -0.162. The van der Waals surface area contributed by atoms with E-state index in [9.17, 15) is 14.7 Å². The highest BCUT2D eigenvalue weighted by atomic mass is 16.6. The topological polar surface area (TPSA) is 72.8 Å². The van der Waals surface area contributed by atoms with Gasteiger partial charge in [-0.05, 0) is 12.8 Å². The first-order valence-corrected chi connectivity index (χ1v) is 6.82. The molecule has 19 heavy (non-hydrogen) atoms. The average Bonchev–Trinajstić information content (AvgIpc) is 2.92. The summed E-state index contributed by atoms with van der Waals surface area (Å²) >= 11 is 0. The molecule has 0 aromatic rings. The van der Waals surface area contributed by atoms with Crippen molar-refractivity contribution in [3.63, 3.8) is 0 Å². The maximum atomic E-state index is 11.8. The summed E-state index contributed by atoms with van der Waals surface area (Å²) in [7, 11) is 0. The number of unbranched alkanes of at least 4 members (excludes halogenated alkanes) is 1. The van der Waals surface area contributed by atoms with Crippen molar-refractivity contribution < 1.29 is 24.2 Å². The summed E-state index contributed by atoms with van der Waals surface area (Å²) in [4.78, 5) is 23.1. The number of esters is 2. The van der Waals surface area contributed by atoms with Crippen LogP contribution in [0.3, 0.4) is 0 Å². The summed E-state index contributed by atoms with van der Waals surface area (Å²) < 4.78 is 9.86. The van der Waals surface area contributed by atoms with Crippen molar-refractivity contribution in [1.29, 1.82) is 0 Å². The van der Waals surface area contributed by atoms with Crippen LogP contribution in [0.15, 0.2) is 12.2 Å². The van der Waals surface area contributed by atoms with E-state index in [0.717, 1.165) is 12.8 Å². The summed E-state index contributed by atoms with van der Waals surface area (Å²) in [5, 5.41) is 9.81. The Morgan fingerprint density at radius 1 is 1.32 bits per heavy atom. The predicted molar refractivity (Wildman–Crippen MR) is 67.1 cm³/mol. The fraction of sp³-hybridized carbons (Fsp3) is 0.714. The lowest BCUT2D eigenvalue weighted by atomic mass is 9.94. The quantitative estimate of drug-likeness (QED) is 0.443. The van der Waals surface area contributed by atoms with Crippen LogP contribution in [0.1, 0.15) is 26.2 Å². The Morgan fingerprint density at radius 2 is 2.11 bits per heavy atom. The number of hydrogen-bond donors (Lipinski definition) is 1. The molecule has 5 nitrogen and oxygen atoms in total. The van der Waals surface area contributed by atoms with Crippen LogP contribution in [0.5, 0.6) is 0 Å². The van der Waals surface area contributed by atoms with Crippen LogP contribution in [-0.4, -0.2) is 36.4 Å². The number of carbonyl (C=O) groups is 2. The van der Waals surface area contributed by atoms with E-state index in [1.807, 2.05) is 19.1 Å². The first kappa shape index (κ1) is 14.1. The lowest BCUT2D eigenvalue weighted by Crippen LogP contribution is -2.27. The normalized spacial score (nSPS) is 31.5. The van der Waals surface area contributed by atoms with Crippen molar-refractivity contribution in [3.05, 3.63) is 12.2 Å². The van der Waals surface area contributed by atoms with Crippen LogP contribution in [0.4, 0.5) is 0 Å². The number of aliphatic hydroxyl groups is 1. The van der Waals surface area contributed by atoms with Gasteiger partial charge in [0.15, 0.2) is 6.61 Å². The van der Waals surface area contributed by atoms with Gasteiger partial charge in [0.2, 0.25) is 0 Å². The first-order chi connectivity index (χ1) is 9.13. The number of carbonyl (C=O) groups excluding carboxylic acids is 2. The van der Waals surface area contributed by atoms with Gasteiger partial charge in [0, 0.05) is 11.8 Å². The number of hydrogen-bond acceptors (Lipinski definition) is 5.